The number of ether oxygens (including phenoxy) is 2. The minimum atomic E-state index is -0.857. The highest BCUT2D eigenvalue weighted by atomic mass is 32.1. The second-order valence-electron chi connectivity index (χ2n) is 6.70. The summed E-state index contributed by atoms with van der Waals surface area (Å²) in [6.45, 7) is 7.47. The lowest BCUT2D eigenvalue weighted by Crippen LogP contribution is -2.36. The lowest BCUT2D eigenvalue weighted by molar-refractivity contribution is -0.147. The first-order valence-electron chi connectivity index (χ1n) is 7.74. The maximum atomic E-state index is 12.5. The number of hydrogen-bond donors (Lipinski definition) is 1. The van der Waals surface area contributed by atoms with Gasteiger partial charge in [-0.3, -0.25) is 9.59 Å². The van der Waals surface area contributed by atoms with Crippen molar-refractivity contribution in [3.63, 3.8) is 0 Å². The molecule has 7 nitrogen and oxygen atoms in total. The third-order valence-corrected chi connectivity index (χ3v) is 4.80. The van der Waals surface area contributed by atoms with Crippen molar-refractivity contribution >= 4 is 34.3 Å². The Labute approximate surface area is 144 Å². The fourth-order valence-corrected chi connectivity index (χ4v) is 3.75. The molecule has 1 unspecified atom stereocenters. The number of carbonyl (C=O) groups is 3. The Balaban J connectivity index is 2.20. The molecule has 0 aromatic carbocycles. The van der Waals surface area contributed by atoms with Crippen LogP contribution in [0.2, 0.25) is 0 Å². The standard InChI is InChI=1S/C16H22N2O5S/c1-8(2)6-10-12(14(21)22-5)17-15(24-10)18-13(20)9-7-11(19)23-16(9,3)4/h8-9H,6-7H2,1-5H3,(H,17,18,20). The van der Waals surface area contributed by atoms with Crippen molar-refractivity contribution in [3.8, 4) is 0 Å². The van der Waals surface area contributed by atoms with Gasteiger partial charge < -0.3 is 14.8 Å². The molecule has 1 fully saturated rings. The topological polar surface area (TPSA) is 94.6 Å². The first kappa shape index (κ1) is 18.4. The van der Waals surface area contributed by atoms with Crippen LogP contribution in [0.25, 0.3) is 0 Å². The van der Waals surface area contributed by atoms with Gasteiger partial charge >= 0.3 is 11.9 Å². The minimum Gasteiger partial charge on any atom is -0.464 e. The molecule has 0 saturated carbocycles. The molecule has 0 bridgehead atoms. The molecule has 24 heavy (non-hydrogen) atoms. The number of anilines is 1. The lowest BCUT2D eigenvalue weighted by atomic mass is 9.90. The first-order valence-corrected chi connectivity index (χ1v) is 8.56. The van der Waals surface area contributed by atoms with Crippen molar-refractivity contribution < 1.29 is 23.9 Å². The lowest BCUT2D eigenvalue weighted by Gasteiger charge is -2.23. The van der Waals surface area contributed by atoms with Crippen molar-refractivity contribution in [2.75, 3.05) is 12.4 Å². The highest BCUT2D eigenvalue weighted by Gasteiger charge is 2.46. The Morgan fingerprint density at radius 3 is 2.62 bits per heavy atom. The molecule has 2 heterocycles. The van der Waals surface area contributed by atoms with Crippen LogP contribution in [0.15, 0.2) is 0 Å². The van der Waals surface area contributed by atoms with Crippen molar-refractivity contribution in [1.29, 1.82) is 0 Å². The monoisotopic (exact) mass is 354 g/mol. The minimum absolute atomic E-state index is 0.0346. The Kier molecular flexibility index (Phi) is 5.27. The average molecular weight is 354 g/mol. The van der Waals surface area contributed by atoms with E-state index in [1.807, 2.05) is 13.8 Å². The first-order chi connectivity index (χ1) is 11.1. The number of cyclic esters (lactones) is 1. The third-order valence-electron chi connectivity index (χ3n) is 3.80. The molecule has 8 heteroatoms. The molecular formula is C16H22N2O5S. The molecule has 1 N–H and O–H groups in total. The molecule has 132 valence electrons. The predicted molar refractivity (Wildman–Crippen MR) is 88.9 cm³/mol. The van der Waals surface area contributed by atoms with Crippen molar-refractivity contribution in [1.82, 2.24) is 4.98 Å². The predicted octanol–water partition coefficient (Wildman–Crippen LogP) is 2.41. The summed E-state index contributed by atoms with van der Waals surface area (Å²) in [6, 6.07) is 0. The van der Waals surface area contributed by atoms with Gasteiger partial charge in [-0.1, -0.05) is 13.8 Å². The van der Waals surface area contributed by atoms with E-state index >= 15 is 0 Å². The number of hydrogen-bond acceptors (Lipinski definition) is 7. The van der Waals surface area contributed by atoms with Gasteiger partial charge in [-0.05, 0) is 26.2 Å². The summed E-state index contributed by atoms with van der Waals surface area (Å²) in [5.74, 6) is -1.52. The van der Waals surface area contributed by atoms with E-state index in [9.17, 15) is 14.4 Å². The molecular weight excluding hydrogens is 332 g/mol. The Morgan fingerprint density at radius 2 is 2.12 bits per heavy atom. The van der Waals surface area contributed by atoms with Gasteiger partial charge in [0.15, 0.2) is 10.8 Å². The average Bonchev–Trinajstić information content (AvgIpc) is 2.97. The van der Waals surface area contributed by atoms with Crippen LogP contribution >= 0.6 is 11.3 Å². The van der Waals surface area contributed by atoms with E-state index in [1.165, 1.54) is 18.4 Å². The summed E-state index contributed by atoms with van der Waals surface area (Å²) in [5.41, 5.74) is -0.630. The summed E-state index contributed by atoms with van der Waals surface area (Å²) >= 11 is 1.25. The zero-order chi connectivity index (χ0) is 18.1. The summed E-state index contributed by atoms with van der Waals surface area (Å²) < 4.78 is 9.92. The number of nitrogens with one attached hydrogen (secondary N) is 1. The molecule has 1 aromatic rings. The van der Waals surface area contributed by atoms with E-state index < -0.39 is 23.5 Å². The molecule has 1 amide bonds. The number of esters is 2. The van der Waals surface area contributed by atoms with Gasteiger partial charge in [-0.15, -0.1) is 11.3 Å². The third kappa shape index (κ3) is 3.92. The van der Waals surface area contributed by atoms with Crippen LogP contribution < -0.4 is 5.32 Å². The van der Waals surface area contributed by atoms with Crippen LogP contribution in [0.5, 0.6) is 0 Å². The van der Waals surface area contributed by atoms with Gasteiger partial charge in [0, 0.05) is 4.88 Å². The Bertz CT molecular complexity index is 665. The number of rotatable bonds is 5. The van der Waals surface area contributed by atoms with Crippen LogP contribution in [0.3, 0.4) is 0 Å². The quantitative estimate of drug-likeness (QED) is 0.816. The van der Waals surface area contributed by atoms with E-state index in [0.717, 1.165) is 4.88 Å². The van der Waals surface area contributed by atoms with Crippen molar-refractivity contribution in [2.45, 2.75) is 46.1 Å². The largest absolute Gasteiger partial charge is 0.464 e. The highest BCUT2D eigenvalue weighted by molar-refractivity contribution is 7.16. The second-order valence-corrected chi connectivity index (χ2v) is 7.79. The molecule has 1 saturated heterocycles. The Hall–Kier alpha value is -1.96. The molecule has 0 spiro atoms. The van der Waals surface area contributed by atoms with E-state index in [1.54, 1.807) is 13.8 Å². The summed E-state index contributed by atoms with van der Waals surface area (Å²) in [7, 11) is 1.29. The van der Waals surface area contributed by atoms with Crippen LogP contribution in [0.1, 0.15) is 49.5 Å². The molecule has 1 atom stereocenters. The van der Waals surface area contributed by atoms with Crippen LogP contribution in [-0.2, 0) is 25.5 Å². The normalized spacial score (nSPS) is 19.2. The molecule has 0 aliphatic carbocycles. The second kappa shape index (κ2) is 6.88. The molecule has 1 aliphatic rings. The summed E-state index contributed by atoms with van der Waals surface area (Å²) in [5, 5.41) is 3.03. The summed E-state index contributed by atoms with van der Waals surface area (Å²) in [6.07, 6.45) is 0.696. The van der Waals surface area contributed by atoms with Gasteiger partial charge in [0.05, 0.1) is 19.4 Å². The number of methoxy groups -OCH3 is 1. The number of aromatic nitrogens is 1. The fraction of sp³-hybridized carbons (Fsp3) is 0.625. The van der Waals surface area contributed by atoms with Gasteiger partial charge in [0.1, 0.15) is 5.60 Å². The van der Waals surface area contributed by atoms with Crippen molar-refractivity contribution in [3.05, 3.63) is 10.6 Å². The van der Waals surface area contributed by atoms with Gasteiger partial charge in [-0.25, -0.2) is 9.78 Å². The molecule has 1 aliphatic heterocycles. The number of thiazole rings is 1. The number of amides is 1. The van der Waals surface area contributed by atoms with E-state index in [4.69, 9.17) is 9.47 Å². The molecule has 2 rings (SSSR count). The van der Waals surface area contributed by atoms with E-state index in [0.29, 0.717) is 17.5 Å². The zero-order valence-electron chi connectivity index (χ0n) is 14.5. The van der Waals surface area contributed by atoms with Crippen molar-refractivity contribution in [2.24, 2.45) is 11.8 Å². The van der Waals surface area contributed by atoms with Crippen LogP contribution in [0, 0.1) is 11.8 Å². The maximum absolute atomic E-state index is 12.5. The SMILES string of the molecule is COC(=O)c1nc(NC(=O)C2CC(=O)OC2(C)C)sc1CC(C)C. The summed E-state index contributed by atoms with van der Waals surface area (Å²) in [4.78, 5) is 40.8. The maximum Gasteiger partial charge on any atom is 0.357 e. The van der Waals surface area contributed by atoms with Crippen LogP contribution in [0.4, 0.5) is 5.13 Å². The van der Waals surface area contributed by atoms with E-state index in [2.05, 4.69) is 10.3 Å². The zero-order valence-corrected chi connectivity index (χ0v) is 15.3. The van der Waals surface area contributed by atoms with Gasteiger partial charge in [-0.2, -0.15) is 0 Å². The smallest absolute Gasteiger partial charge is 0.357 e. The highest BCUT2D eigenvalue weighted by Crippen LogP contribution is 2.34. The Morgan fingerprint density at radius 1 is 1.46 bits per heavy atom. The van der Waals surface area contributed by atoms with Gasteiger partial charge in [0.25, 0.3) is 0 Å². The van der Waals surface area contributed by atoms with Crippen LogP contribution in [-0.4, -0.2) is 35.5 Å². The molecule has 0 radical (unpaired) electrons. The molecule has 1 aromatic heterocycles. The fourth-order valence-electron chi connectivity index (χ4n) is 2.59. The van der Waals surface area contributed by atoms with Gasteiger partial charge in [0.2, 0.25) is 5.91 Å². The number of carbonyl (C=O) groups excluding carboxylic acids is 3. The number of nitrogens with zero attached hydrogens (tertiary/aromatic N) is 1. The van der Waals surface area contributed by atoms with E-state index in [-0.39, 0.29) is 18.0 Å².